The summed E-state index contributed by atoms with van der Waals surface area (Å²) < 4.78 is 16.3. The summed E-state index contributed by atoms with van der Waals surface area (Å²) in [4.78, 5) is 23.6. The molecule has 0 radical (unpaired) electrons. The van der Waals surface area contributed by atoms with Crippen LogP contribution in [0.1, 0.15) is 0 Å². The summed E-state index contributed by atoms with van der Waals surface area (Å²) in [6.45, 7) is 0.144. The van der Waals surface area contributed by atoms with Gasteiger partial charge in [0.25, 0.3) is 5.91 Å². The van der Waals surface area contributed by atoms with E-state index in [2.05, 4.69) is 5.32 Å². The van der Waals surface area contributed by atoms with Crippen molar-refractivity contribution >= 4 is 22.6 Å². The number of rotatable bonds is 2. The van der Waals surface area contributed by atoms with E-state index in [1.165, 1.54) is 6.07 Å². The molecule has 1 N–H and O–H groups in total. The summed E-state index contributed by atoms with van der Waals surface area (Å²) in [6.07, 6.45) is -0.732. The van der Waals surface area contributed by atoms with Crippen molar-refractivity contribution in [3.63, 3.8) is 0 Å². The molecule has 2 aromatic carbocycles. The molecule has 1 aliphatic rings. The Morgan fingerprint density at radius 3 is 2.75 bits per heavy atom. The third-order valence-corrected chi connectivity index (χ3v) is 3.69. The molecule has 0 aliphatic carbocycles. The zero-order chi connectivity index (χ0) is 16.5. The fraction of sp³-hybridized carbons (Fsp3) is 0.111. The van der Waals surface area contributed by atoms with E-state index in [1.807, 2.05) is 12.1 Å². The van der Waals surface area contributed by atoms with E-state index in [9.17, 15) is 9.59 Å². The number of para-hydroxylation sites is 2. The SMILES string of the molecule is O=C(Nc1ccc2oc(=O)ccc2c1)C1COc2ccccc2O1. The number of hydrogen-bond donors (Lipinski definition) is 1. The minimum atomic E-state index is -0.732. The Balaban J connectivity index is 1.52. The van der Waals surface area contributed by atoms with Crippen molar-refractivity contribution in [3.05, 3.63) is 65.0 Å². The molecule has 4 rings (SSSR count). The minimum Gasteiger partial charge on any atom is -0.485 e. The normalized spacial score (nSPS) is 15.9. The van der Waals surface area contributed by atoms with Gasteiger partial charge in [-0.05, 0) is 36.4 Å². The Hall–Kier alpha value is -3.28. The van der Waals surface area contributed by atoms with Crippen molar-refractivity contribution in [2.45, 2.75) is 6.10 Å². The molecule has 1 unspecified atom stereocenters. The molecule has 0 spiro atoms. The predicted octanol–water partition coefficient (Wildman–Crippen LogP) is 2.57. The Kier molecular flexibility index (Phi) is 3.42. The summed E-state index contributed by atoms with van der Waals surface area (Å²) >= 11 is 0. The maximum atomic E-state index is 12.4. The van der Waals surface area contributed by atoms with E-state index >= 15 is 0 Å². The molecule has 1 amide bonds. The summed E-state index contributed by atoms with van der Waals surface area (Å²) in [5, 5.41) is 3.51. The van der Waals surface area contributed by atoms with E-state index < -0.39 is 11.7 Å². The first-order chi connectivity index (χ1) is 11.7. The van der Waals surface area contributed by atoms with Crippen LogP contribution in [0.5, 0.6) is 11.5 Å². The molecule has 0 fully saturated rings. The van der Waals surface area contributed by atoms with Crippen LogP contribution in [0.25, 0.3) is 11.0 Å². The summed E-state index contributed by atoms with van der Waals surface area (Å²) in [5.41, 5.74) is 0.640. The van der Waals surface area contributed by atoms with Gasteiger partial charge in [0.15, 0.2) is 11.5 Å². The lowest BCUT2D eigenvalue weighted by atomic mass is 10.2. The van der Waals surface area contributed by atoms with Crippen molar-refractivity contribution < 1.29 is 18.7 Å². The summed E-state index contributed by atoms with van der Waals surface area (Å²) in [5.74, 6) is 0.868. The highest BCUT2D eigenvalue weighted by Gasteiger charge is 2.27. The summed E-state index contributed by atoms with van der Waals surface area (Å²) in [7, 11) is 0. The van der Waals surface area contributed by atoms with Crippen LogP contribution < -0.4 is 20.4 Å². The molecule has 2 heterocycles. The highest BCUT2D eigenvalue weighted by molar-refractivity contribution is 5.96. The van der Waals surface area contributed by atoms with Crippen LogP contribution in [0.3, 0.4) is 0 Å². The second kappa shape index (κ2) is 5.73. The molecule has 1 aromatic heterocycles. The van der Waals surface area contributed by atoms with Gasteiger partial charge in [0.05, 0.1) is 0 Å². The van der Waals surface area contributed by atoms with Gasteiger partial charge in [-0.3, -0.25) is 4.79 Å². The number of benzene rings is 2. The number of hydrogen-bond acceptors (Lipinski definition) is 5. The molecule has 3 aromatic rings. The second-order valence-electron chi connectivity index (χ2n) is 5.36. The topological polar surface area (TPSA) is 77.8 Å². The third kappa shape index (κ3) is 2.69. The lowest BCUT2D eigenvalue weighted by Crippen LogP contribution is -2.40. The van der Waals surface area contributed by atoms with Crippen LogP contribution in [0.15, 0.2) is 63.8 Å². The van der Waals surface area contributed by atoms with Crippen LogP contribution in [0.2, 0.25) is 0 Å². The van der Waals surface area contributed by atoms with Crippen molar-refractivity contribution in [3.8, 4) is 11.5 Å². The van der Waals surface area contributed by atoms with E-state index in [0.717, 1.165) is 5.39 Å². The van der Waals surface area contributed by atoms with Gasteiger partial charge in [-0.25, -0.2) is 4.79 Å². The van der Waals surface area contributed by atoms with Gasteiger partial charge in [-0.2, -0.15) is 0 Å². The standard InChI is InChI=1S/C18H13NO5/c20-17-8-5-11-9-12(6-7-13(11)24-17)19-18(21)16-10-22-14-3-1-2-4-15(14)23-16/h1-9,16H,10H2,(H,19,21). The molecule has 0 saturated heterocycles. The highest BCUT2D eigenvalue weighted by Crippen LogP contribution is 2.31. The lowest BCUT2D eigenvalue weighted by Gasteiger charge is -2.25. The highest BCUT2D eigenvalue weighted by atomic mass is 16.6. The molecule has 120 valence electrons. The average Bonchev–Trinajstić information content (AvgIpc) is 2.61. The Bertz CT molecular complexity index is 978. The predicted molar refractivity (Wildman–Crippen MR) is 87.5 cm³/mol. The molecule has 0 saturated carbocycles. The largest absolute Gasteiger partial charge is 0.485 e. The molecule has 6 nitrogen and oxygen atoms in total. The maximum Gasteiger partial charge on any atom is 0.336 e. The average molecular weight is 323 g/mol. The smallest absolute Gasteiger partial charge is 0.336 e. The van der Waals surface area contributed by atoms with Crippen molar-refractivity contribution in [1.82, 2.24) is 0 Å². The zero-order valence-corrected chi connectivity index (χ0v) is 12.5. The van der Waals surface area contributed by atoms with Gasteiger partial charge in [-0.15, -0.1) is 0 Å². The van der Waals surface area contributed by atoms with E-state index in [1.54, 1.807) is 36.4 Å². The monoisotopic (exact) mass is 323 g/mol. The van der Waals surface area contributed by atoms with Crippen LogP contribution in [-0.4, -0.2) is 18.6 Å². The quantitative estimate of drug-likeness (QED) is 0.733. The first-order valence-corrected chi connectivity index (χ1v) is 7.42. The van der Waals surface area contributed by atoms with Gasteiger partial charge < -0.3 is 19.2 Å². The maximum absolute atomic E-state index is 12.4. The number of nitrogens with one attached hydrogen (secondary N) is 1. The van der Waals surface area contributed by atoms with E-state index in [4.69, 9.17) is 13.9 Å². The van der Waals surface area contributed by atoms with Gasteiger partial charge >= 0.3 is 5.63 Å². The Morgan fingerprint density at radius 1 is 1.04 bits per heavy atom. The Labute approximate surface area is 136 Å². The third-order valence-electron chi connectivity index (χ3n) is 3.69. The molecule has 0 bridgehead atoms. The van der Waals surface area contributed by atoms with Crippen molar-refractivity contribution in [1.29, 1.82) is 0 Å². The first-order valence-electron chi connectivity index (χ1n) is 7.42. The molecular formula is C18H13NO5. The zero-order valence-electron chi connectivity index (χ0n) is 12.5. The molecule has 6 heteroatoms. The fourth-order valence-corrected chi connectivity index (χ4v) is 2.52. The van der Waals surface area contributed by atoms with Crippen molar-refractivity contribution in [2.75, 3.05) is 11.9 Å². The number of fused-ring (bicyclic) bond motifs is 2. The number of amides is 1. The van der Waals surface area contributed by atoms with Crippen LogP contribution in [0, 0.1) is 0 Å². The lowest BCUT2D eigenvalue weighted by molar-refractivity contribution is -0.125. The van der Waals surface area contributed by atoms with Gasteiger partial charge in [0.1, 0.15) is 12.2 Å². The summed E-state index contributed by atoms with van der Waals surface area (Å²) in [6, 6.07) is 15.2. The van der Waals surface area contributed by atoms with Gasteiger partial charge in [-0.1, -0.05) is 12.1 Å². The van der Waals surface area contributed by atoms with Gasteiger partial charge in [0, 0.05) is 17.1 Å². The number of anilines is 1. The molecule has 1 aliphatic heterocycles. The molecule has 24 heavy (non-hydrogen) atoms. The van der Waals surface area contributed by atoms with Crippen LogP contribution in [0.4, 0.5) is 5.69 Å². The van der Waals surface area contributed by atoms with Crippen molar-refractivity contribution in [2.24, 2.45) is 0 Å². The van der Waals surface area contributed by atoms with Crippen LogP contribution >= 0.6 is 0 Å². The second-order valence-corrected chi connectivity index (χ2v) is 5.36. The van der Waals surface area contributed by atoms with E-state index in [0.29, 0.717) is 22.8 Å². The van der Waals surface area contributed by atoms with E-state index in [-0.39, 0.29) is 12.5 Å². The number of carbonyl (C=O) groups is 1. The molecule has 1 atom stereocenters. The number of ether oxygens (including phenoxy) is 2. The number of carbonyl (C=O) groups excluding carboxylic acids is 1. The fourth-order valence-electron chi connectivity index (χ4n) is 2.52. The molecular weight excluding hydrogens is 310 g/mol. The van der Waals surface area contributed by atoms with Crippen LogP contribution in [-0.2, 0) is 4.79 Å². The minimum absolute atomic E-state index is 0.144. The Morgan fingerprint density at radius 2 is 1.88 bits per heavy atom. The first kappa shape index (κ1) is 14.3. The van der Waals surface area contributed by atoms with Gasteiger partial charge in [0.2, 0.25) is 6.10 Å².